The molecule has 0 unspecified atom stereocenters. The molecule has 4 rings (SSSR count). The predicted octanol–water partition coefficient (Wildman–Crippen LogP) is 3.35. The van der Waals surface area contributed by atoms with Gasteiger partial charge in [0.05, 0.1) is 10.9 Å². The Morgan fingerprint density at radius 1 is 1.26 bits per heavy atom. The number of thiophene rings is 1. The molecule has 19 heavy (non-hydrogen) atoms. The summed E-state index contributed by atoms with van der Waals surface area (Å²) in [5.74, 6) is 1.66. The molecule has 1 aliphatic carbocycles. The molecule has 96 valence electrons. The monoisotopic (exact) mass is 288 g/mol. The molecule has 0 amide bonds. The van der Waals surface area contributed by atoms with Gasteiger partial charge < -0.3 is 5.32 Å². The zero-order chi connectivity index (χ0) is 12.8. The zero-order valence-electron chi connectivity index (χ0n) is 10.4. The van der Waals surface area contributed by atoms with Crippen molar-refractivity contribution in [1.82, 2.24) is 15.0 Å². The topological polar surface area (TPSA) is 50.7 Å². The molecule has 0 fully saturated rings. The minimum Gasteiger partial charge on any atom is -0.372 e. The molecule has 0 atom stereocenters. The van der Waals surface area contributed by atoms with Crippen LogP contribution < -0.4 is 5.32 Å². The van der Waals surface area contributed by atoms with Crippen LogP contribution >= 0.6 is 22.7 Å². The van der Waals surface area contributed by atoms with Crippen molar-refractivity contribution in [2.75, 3.05) is 12.4 Å². The van der Waals surface area contributed by atoms with Crippen LogP contribution in [0.25, 0.3) is 21.7 Å². The number of hydrogen-bond donors (Lipinski definition) is 1. The number of hydrogen-bond acceptors (Lipinski definition) is 6. The Kier molecular flexibility index (Phi) is 2.53. The van der Waals surface area contributed by atoms with E-state index in [1.807, 2.05) is 29.3 Å². The Morgan fingerprint density at radius 2 is 2.21 bits per heavy atom. The van der Waals surface area contributed by atoms with Gasteiger partial charge in [0.2, 0.25) is 0 Å². The van der Waals surface area contributed by atoms with Gasteiger partial charge in [-0.2, -0.15) is 0 Å². The maximum Gasteiger partial charge on any atom is 0.182 e. The Balaban J connectivity index is 2.01. The molecule has 0 radical (unpaired) electrons. The Bertz CT molecular complexity index is 746. The molecular formula is C13H12N4S2. The molecule has 0 aromatic carbocycles. The summed E-state index contributed by atoms with van der Waals surface area (Å²) >= 11 is 3.38. The summed E-state index contributed by atoms with van der Waals surface area (Å²) in [7, 11) is 1.92. The highest BCUT2D eigenvalue weighted by atomic mass is 32.1. The molecule has 0 saturated carbocycles. The van der Waals surface area contributed by atoms with Gasteiger partial charge in [-0.25, -0.2) is 15.0 Å². The lowest BCUT2D eigenvalue weighted by molar-refractivity contribution is 0.917. The zero-order valence-corrected chi connectivity index (χ0v) is 12.1. The van der Waals surface area contributed by atoms with Crippen molar-refractivity contribution < 1.29 is 0 Å². The van der Waals surface area contributed by atoms with Gasteiger partial charge in [-0.3, -0.25) is 0 Å². The van der Waals surface area contributed by atoms with E-state index in [1.54, 1.807) is 11.3 Å². The van der Waals surface area contributed by atoms with E-state index in [1.165, 1.54) is 28.7 Å². The molecule has 3 heterocycles. The molecule has 1 aliphatic rings. The van der Waals surface area contributed by atoms with Crippen molar-refractivity contribution in [2.45, 2.75) is 19.3 Å². The highest BCUT2D eigenvalue weighted by Gasteiger charge is 2.22. The lowest BCUT2D eigenvalue weighted by Gasteiger charge is -2.05. The Morgan fingerprint density at radius 3 is 3.00 bits per heavy atom. The quantitative estimate of drug-likeness (QED) is 0.785. The summed E-state index contributed by atoms with van der Waals surface area (Å²) in [6.07, 6.45) is 3.60. The van der Waals surface area contributed by atoms with Gasteiger partial charge in [0.15, 0.2) is 5.82 Å². The number of nitrogens with zero attached hydrogens (tertiary/aromatic N) is 3. The van der Waals surface area contributed by atoms with E-state index in [-0.39, 0.29) is 0 Å². The fourth-order valence-electron chi connectivity index (χ4n) is 2.61. The van der Waals surface area contributed by atoms with E-state index < -0.39 is 0 Å². The van der Waals surface area contributed by atoms with Crippen molar-refractivity contribution in [3.63, 3.8) is 0 Å². The largest absolute Gasteiger partial charge is 0.372 e. The second kappa shape index (κ2) is 4.25. The van der Waals surface area contributed by atoms with Crippen molar-refractivity contribution in [2.24, 2.45) is 0 Å². The van der Waals surface area contributed by atoms with Gasteiger partial charge in [-0.1, -0.05) is 0 Å². The van der Waals surface area contributed by atoms with Gasteiger partial charge in [0.1, 0.15) is 16.3 Å². The molecule has 3 aromatic rings. The number of aromatic nitrogens is 3. The number of rotatable bonds is 2. The first-order valence-electron chi connectivity index (χ1n) is 6.25. The van der Waals surface area contributed by atoms with Crippen LogP contribution in [0.1, 0.15) is 16.9 Å². The van der Waals surface area contributed by atoms with E-state index in [2.05, 4.69) is 15.3 Å². The van der Waals surface area contributed by atoms with Gasteiger partial charge in [-0.15, -0.1) is 22.7 Å². The van der Waals surface area contributed by atoms with Crippen LogP contribution in [0.15, 0.2) is 10.9 Å². The SMILES string of the molecule is CNc1nc(-c2cscn2)nc2sc3c(c12)CCC3. The fourth-order valence-corrected chi connectivity index (χ4v) is 4.41. The van der Waals surface area contributed by atoms with Crippen LogP contribution in [0.5, 0.6) is 0 Å². The van der Waals surface area contributed by atoms with Crippen LogP contribution in [-0.2, 0) is 12.8 Å². The van der Waals surface area contributed by atoms with E-state index >= 15 is 0 Å². The molecule has 0 saturated heterocycles. The van der Waals surface area contributed by atoms with Gasteiger partial charge >= 0.3 is 0 Å². The fraction of sp³-hybridized carbons (Fsp3) is 0.308. The lowest BCUT2D eigenvalue weighted by Crippen LogP contribution is -1.98. The van der Waals surface area contributed by atoms with Gasteiger partial charge in [0.25, 0.3) is 0 Å². The highest BCUT2D eigenvalue weighted by molar-refractivity contribution is 7.19. The van der Waals surface area contributed by atoms with Crippen LogP contribution in [0.3, 0.4) is 0 Å². The maximum absolute atomic E-state index is 4.70. The van der Waals surface area contributed by atoms with E-state index in [4.69, 9.17) is 4.98 Å². The number of anilines is 1. The summed E-state index contributed by atoms with van der Waals surface area (Å²) < 4.78 is 0. The third-order valence-electron chi connectivity index (χ3n) is 3.46. The van der Waals surface area contributed by atoms with Gasteiger partial charge in [0, 0.05) is 17.3 Å². The van der Waals surface area contributed by atoms with Crippen LogP contribution in [0.2, 0.25) is 0 Å². The molecule has 1 N–H and O–H groups in total. The molecule has 4 nitrogen and oxygen atoms in total. The normalized spacial score (nSPS) is 13.9. The highest BCUT2D eigenvalue weighted by Crippen LogP contribution is 2.40. The van der Waals surface area contributed by atoms with Crippen LogP contribution in [-0.4, -0.2) is 22.0 Å². The Labute approximate surface area is 118 Å². The van der Waals surface area contributed by atoms with Crippen molar-refractivity contribution in [1.29, 1.82) is 0 Å². The smallest absolute Gasteiger partial charge is 0.182 e. The summed E-state index contributed by atoms with van der Waals surface area (Å²) in [4.78, 5) is 16.2. The second-order valence-electron chi connectivity index (χ2n) is 4.56. The number of thiazole rings is 1. The predicted molar refractivity (Wildman–Crippen MR) is 80.1 cm³/mol. The number of aryl methyl sites for hydroxylation is 2. The van der Waals surface area contributed by atoms with E-state index in [9.17, 15) is 0 Å². The first-order chi connectivity index (χ1) is 9.36. The second-order valence-corrected chi connectivity index (χ2v) is 6.36. The minimum absolute atomic E-state index is 0.720. The molecular weight excluding hydrogens is 276 g/mol. The average Bonchev–Trinajstić information content (AvgIpc) is 3.13. The summed E-state index contributed by atoms with van der Waals surface area (Å²) in [5.41, 5.74) is 4.13. The average molecular weight is 288 g/mol. The van der Waals surface area contributed by atoms with Crippen molar-refractivity contribution in [3.05, 3.63) is 21.3 Å². The molecule has 3 aromatic heterocycles. The van der Waals surface area contributed by atoms with Gasteiger partial charge in [-0.05, 0) is 24.8 Å². The third-order valence-corrected chi connectivity index (χ3v) is 5.24. The maximum atomic E-state index is 4.70. The van der Waals surface area contributed by atoms with E-state index in [0.29, 0.717) is 0 Å². The van der Waals surface area contributed by atoms with Crippen LogP contribution in [0, 0.1) is 0 Å². The third kappa shape index (κ3) is 1.67. The minimum atomic E-state index is 0.720. The van der Waals surface area contributed by atoms with Crippen LogP contribution in [0.4, 0.5) is 5.82 Å². The number of fused-ring (bicyclic) bond motifs is 3. The molecule has 0 spiro atoms. The summed E-state index contributed by atoms with van der Waals surface area (Å²) in [5, 5.41) is 6.43. The summed E-state index contributed by atoms with van der Waals surface area (Å²) in [6, 6.07) is 0. The first-order valence-corrected chi connectivity index (χ1v) is 8.01. The first kappa shape index (κ1) is 11.3. The van der Waals surface area contributed by atoms with Crippen molar-refractivity contribution >= 4 is 38.7 Å². The Hall–Kier alpha value is -1.53. The standard InChI is InChI=1S/C13H12N4S2/c1-14-12-10-7-3-2-4-9(7)19-13(10)17-11(16-12)8-5-18-6-15-8/h5-6H,2-4H2,1H3,(H,14,16,17). The van der Waals surface area contributed by atoms with E-state index in [0.717, 1.165) is 28.6 Å². The molecule has 0 aliphatic heterocycles. The molecule has 6 heteroatoms. The van der Waals surface area contributed by atoms with Crippen molar-refractivity contribution in [3.8, 4) is 11.5 Å². The lowest BCUT2D eigenvalue weighted by atomic mass is 10.2. The molecule has 0 bridgehead atoms. The number of nitrogens with one attached hydrogen (secondary N) is 1. The summed E-state index contributed by atoms with van der Waals surface area (Å²) in [6.45, 7) is 0.